The number of nitrogens with zero attached hydrogens (tertiary/aromatic N) is 1. The lowest BCUT2D eigenvalue weighted by Gasteiger charge is -2.31. The molecule has 1 rings (SSSR count). The van der Waals surface area contributed by atoms with Crippen molar-refractivity contribution in [1.29, 1.82) is 0 Å². The van der Waals surface area contributed by atoms with Crippen molar-refractivity contribution in [3.63, 3.8) is 0 Å². The summed E-state index contributed by atoms with van der Waals surface area (Å²) in [6.07, 6.45) is 1.46. The lowest BCUT2D eigenvalue weighted by molar-refractivity contribution is -0.119. The molecule has 0 aromatic carbocycles. The summed E-state index contributed by atoms with van der Waals surface area (Å²) in [7, 11) is -3.12. The number of nitrogens with one attached hydrogen (secondary N) is 1. The van der Waals surface area contributed by atoms with Crippen LogP contribution >= 0.6 is 0 Å². The number of hydrogen-bond acceptors (Lipinski definition) is 4. The van der Waals surface area contributed by atoms with E-state index in [0.717, 1.165) is 12.8 Å². The van der Waals surface area contributed by atoms with Gasteiger partial charge in [0.2, 0.25) is 15.9 Å². The van der Waals surface area contributed by atoms with Crippen LogP contribution in [0.1, 0.15) is 19.8 Å². The van der Waals surface area contributed by atoms with Crippen LogP contribution in [0.3, 0.4) is 0 Å². The molecule has 1 amide bonds. The van der Waals surface area contributed by atoms with Crippen LogP contribution in [0.15, 0.2) is 0 Å². The van der Waals surface area contributed by atoms with Gasteiger partial charge in [0.25, 0.3) is 0 Å². The Morgan fingerprint density at radius 1 is 1.44 bits per heavy atom. The fourth-order valence-electron chi connectivity index (χ4n) is 1.77. The number of carbonyl (C=O) groups excluding carboxylic acids is 1. The first-order chi connectivity index (χ1) is 7.43. The van der Waals surface area contributed by atoms with Crippen LogP contribution < -0.4 is 10.5 Å². The second-order valence-corrected chi connectivity index (χ2v) is 6.08. The number of sulfonamides is 1. The number of hydrogen-bond donors (Lipinski definition) is 2. The van der Waals surface area contributed by atoms with Crippen molar-refractivity contribution in [2.24, 2.45) is 5.73 Å². The first-order valence-electron chi connectivity index (χ1n) is 5.43. The highest BCUT2D eigenvalue weighted by molar-refractivity contribution is 7.89. The highest BCUT2D eigenvalue weighted by atomic mass is 32.2. The van der Waals surface area contributed by atoms with Gasteiger partial charge >= 0.3 is 0 Å². The summed E-state index contributed by atoms with van der Waals surface area (Å²) in [6.45, 7) is 3.29. The topological polar surface area (TPSA) is 92.5 Å². The predicted molar refractivity (Wildman–Crippen MR) is 61.3 cm³/mol. The highest BCUT2D eigenvalue weighted by Crippen LogP contribution is 2.10. The molecule has 1 aliphatic rings. The van der Waals surface area contributed by atoms with Gasteiger partial charge in [0.05, 0.1) is 12.3 Å². The van der Waals surface area contributed by atoms with Crippen molar-refractivity contribution >= 4 is 15.9 Å². The largest absolute Gasteiger partial charge is 0.369 e. The monoisotopic (exact) mass is 249 g/mol. The number of rotatable bonds is 5. The zero-order valence-electron chi connectivity index (χ0n) is 9.48. The van der Waals surface area contributed by atoms with Gasteiger partial charge < -0.3 is 5.73 Å². The molecule has 1 aliphatic heterocycles. The van der Waals surface area contributed by atoms with E-state index in [4.69, 9.17) is 5.73 Å². The zero-order valence-corrected chi connectivity index (χ0v) is 10.3. The number of nitrogens with two attached hydrogens (primary N) is 1. The van der Waals surface area contributed by atoms with Crippen molar-refractivity contribution in [1.82, 2.24) is 9.62 Å². The van der Waals surface area contributed by atoms with Crippen molar-refractivity contribution < 1.29 is 13.2 Å². The van der Waals surface area contributed by atoms with E-state index in [-0.39, 0.29) is 24.2 Å². The van der Waals surface area contributed by atoms with Gasteiger partial charge in [0.15, 0.2) is 0 Å². The first-order valence-corrected chi connectivity index (χ1v) is 7.09. The molecule has 0 unspecified atom stereocenters. The fraction of sp³-hybridized carbons (Fsp3) is 0.889. The molecule has 0 atom stereocenters. The Kier molecular flexibility index (Phi) is 4.69. The molecule has 0 aromatic heterocycles. The Morgan fingerprint density at radius 3 is 2.44 bits per heavy atom. The molecule has 1 fully saturated rings. The molecule has 0 bridgehead atoms. The summed E-state index contributed by atoms with van der Waals surface area (Å²) in [5, 5.41) is 0. The Balaban J connectivity index is 2.35. The first kappa shape index (κ1) is 13.4. The van der Waals surface area contributed by atoms with Crippen molar-refractivity contribution in [3.05, 3.63) is 0 Å². The Morgan fingerprint density at radius 2 is 2.00 bits per heavy atom. The number of piperidine rings is 1. The lowest BCUT2D eigenvalue weighted by atomic mass is 10.1. The fourth-order valence-corrected chi connectivity index (χ4v) is 2.68. The average Bonchev–Trinajstić information content (AvgIpc) is 2.20. The molecule has 94 valence electrons. The minimum absolute atomic E-state index is 0.00548. The van der Waals surface area contributed by atoms with E-state index in [2.05, 4.69) is 4.72 Å². The zero-order chi connectivity index (χ0) is 12.2. The van der Waals surface area contributed by atoms with E-state index < -0.39 is 10.0 Å². The van der Waals surface area contributed by atoms with E-state index >= 15 is 0 Å². The molecule has 0 radical (unpaired) electrons. The van der Waals surface area contributed by atoms with Crippen LogP contribution in [-0.2, 0) is 14.8 Å². The maximum Gasteiger partial charge on any atom is 0.231 e. The minimum atomic E-state index is -3.12. The molecule has 16 heavy (non-hydrogen) atoms. The van der Waals surface area contributed by atoms with Crippen LogP contribution in [0.5, 0.6) is 0 Å². The Bertz CT molecular complexity index is 334. The van der Waals surface area contributed by atoms with Crippen LogP contribution in [0.2, 0.25) is 0 Å². The van der Waals surface area contributed by atoms with Crippen LogP contribution in [-0.4, -0.2) is 50.7 Å². The van der Waals surface area contributed by atoms with Crippen LogP contribution in [0.4, 0.5) is 0 Å². The number of likely N-dealkylation sites (tertiary alicyclic amines) is 1. The van der Waals surface area contributed by atoms with Crippen molar-refractivity contribution in [2.45, 2.75) is 25.8 Å². The molecule has 0 aromatic rings. The van der Waals surface area contributed by atoms with Crippen molar-refractivity contribution in [2.75, 3.05) is 25.4 Å². The van der Waals surface area contributed by atoms with Gasteiger partial charge in [-0.1, -0.05) is 0 Å². The van der Waals surface area contributed by atoms with Gasteiger partial charge in [-0.15, -0.1) is 0 Å². The molecule has 1 saturated heterocycles. The summed E-state index contributed by atoms with van der Waals surface area (Å²) in [5.41, 5.74) is 5.09. The number of carbonyl (C=O) groups is 1. The summed E-state index contributed by atoms with van der Waals surface area (Å²) >= 11 is 0. The van der Waals surface area contributed by atoms with Gasteiger partial charge in [0.1, 0.15) is 0 Å². The molecule has 0 saturated carbocycles. The van der Waals surface area contributed by atoms with E-state index in [0.29, 0.717) is 13.1 Å². The van der Waals surface area contributed by atoms with Gasteiger partial charge in [-0.25, -0.2) is 13.1 Å². The normalized spacial score (nSPS) is 19.8. The van der Waals surface area contributed by atoms with Crippen molar-refractivity contribution in [3.8, 4) is 0 Å². The summed E-state index contributed by atoms with van der Waals surface area (Å²) in [5.74, 6) is -0.235. The quantitative estimate of drug-likeness (QED) is 0.645. The van der Waals surface area contributed by atoms with Gasteiger partial charge in [-0.2, -0.15) is 0 Å². The average molecular weight is 249 g/mol. The van der Waals surface area contributed by atoms with Gasteiger partial charge in [-0.05, 0) is 19.8 Å². The SMILES string of the molecule is CCS(=O)(=O)NC1CCN(CC(N)=O)CC1. The number of primary amides is 1. The molecule has 0 aliphatic carbocycles. The molecular weight excluding hydrogens is 230 g/mol. The lowest BCUT2D eigenvalue weighted by Crippen LogP contribution is -2.46. The summed E-state index contributed by atoms with van der Waals surface area (Å²) in [6, 6.07) is -0.00548. The third-order valence-corrected chi connectivity index (χ3v) is 4.15. The molecule has 7 heteroatoms. The Labute approximate surface area is 96.2 Å². The molecule has 0 spiro atoms. The third kappa shape index (κ3) is 4.46. The minimum Gasteiger partial charge on any atom is -0.369 e. The predicted octanol–water partition coefficient (Wildman–Crippen LogP) is -1.12. The van der Waals surface area contributed by atoms with E-state index in [9.17, 15) is 13.2 Å². The van der Waals surface area contributed by atoms with Gasteiger partial charge in [0, 0.05) is 19.1 Å². The second-order valence-electron chi connectivity index (χ2n) is 4.04. The summed E-state index contributed by atoms with van der Waals surface area (Å²) < 4.78 is 25.3. The molecule has 6 nitrogen and oxygen atoms in total. The van der Waals surface area contributed by atoms with E-state index in [1.165, 1.54) is 0 Å². The van der Waals surface area contributed by atoms with Crippen LogP contribution in [0, 0.1) is 0 Å². The van der Waals surface area contributed by atoms with E-state index in [1.54, 1.807) is 6.92 Å². The van der Waals surface area contributed by atoms with Gasteiger partial charge in [-0.3, -0.25) is 9.69 Å². The molecule has 1 heterocycles. The van der Waals surface area contributed by atoms with Crippen LogP contribution in [0.25, 0.3) is 0 Å². The molecular formula is C9H19N3O3S. The molecule has 3 N–H and O–H groups in total. The summed E-state index contributed by atoms with van der Waals surface area (Å²) in [4.78, 5) is 12.6. The smallest absolute Gasteiger partial charge is 0.231 e. The number of amides is 1. The Hall–Kier alpha value is -0.660. The highest BCUT2D eigenvalue weighted by Gasteiger charge is 2.22. The maximum atomic E-state index is 11.3. The third-order valence-electron chi connectivity index (χ3n) is 2.69. The standard InChI is InChI=1S/C9H19N3O3S/c1-2-16(14,15)11-8-3-5-12(6-4-8)7-9(10)13/h8,11H,2-7H2,1H3,(H2,10,13). The van der Waals surface area contributed by atoms with E-state index in [1.807, 2.05) is 4.90 Å². The maximum absolute atomic E-state index is 11.3. The second kappa shape index (κ2) is 5.60.